The first-order valence-electron chi connectivity index (χ1n) is 6.48. The summed E-state index contributed by atoms with van der Waals surface area (Å²) in [5.41, 5.74) is 0. The predicted molar refractivity (Wildman–Crippen MR) is 62.1 cm³/mol. The van der Waals surface area contributed by atoms with E-state index in [1.807, 2.05) is 0 Å². The standard InChI is InChI=1S/C12H24N2O/c1-2-7-14(8-3-1)9-6-13-12-4-10-15-11-5-12/h12-13H,1-11H2. The Balaban J connectivity index is 1.53. The molecule has 15 heavy (non-hydrogen) atoms. The molecule has 0 bridgehead atoms. The molecule has 0 aromatic heterocycles. The van der Waals surface area contributed by atoms with Crippen LogP contribution in [0.3, 0.4) is 0 Å². The molecule has 0 aliphatic carbocycles. The Kier molecular flexibility index (Phi) is 4.90. The molecule has 2 fully saturated rings. The van der Waals surface area contributed by atoms with E-state index in [0.717, 1.165) is 19.8 Å². The van der Waals surface area contributed by atoms with Gasteiger partial charge < -0.3 is 15.0 Å². The highest BCUT2D eigenvalue weighted by atomic mass is 16.5. The fourth-order valence-corrected chi connectivity index (χ4v) is 2.51. The highest BCUT2D eigenvalue weighted by molar-refractivity contribution is 4.72. The molecule has 0 unspecified atom stereocenters. The zero-order valence-corrected chi connectivity index (χ0v) is 9.71. The summed E-state index contributed by atoms with van der Waals surface area (Å²) in [5, 5.41) is 3.65. The predicted octanol–water partition coefficient (Wildman–Crippen LogP) is 1.24. The van der Waals surface area contributed by atoms with E-state index in [9.17, 15) is 0 Å². The van der Waals surface area contributed by atoms with E-state index in [0.29, 0.717) is 6.04 Å². The normalized spacial score (nSPS) is 25.6. The molecule has 3 heteroatoms. The second kappa shape index (κ2) is 6.46. The maximum absolute atomic E-state index is 5.35. The first kappa shape index (κ1) is 11.4. The number of ether oxygens (including phenoxy) is 1. The van der Waals surface area contributed by atoms with E-state index in [1.165, 1.54) is 51.7 Å². The Labute approximate surface area is 93.2 Å². The van der Waals surface area contributed by atoms with Gasteiger partial charge in [-0.3, -0.25) is 0 Å². The monoisotopic (exact) mass is 212 g/mol. The van der Waals surface area contributed by atoms with Crippen molar-refractivity contribution in [2.45, 2.75) is 38.1 Å². The number of nitrogens with zero attached hydrogens (tertiary/aromatic N) is 1. The van der Waals surface area contributed by atoms with Crippen LogP contribution in [-0.4, -0.2) is 50.3 Å². The van der Waals surface area contributed by atoms with Gasteiger partial charge in [-0.05, 0) is 38.8 Å². The minimum atomic E-state index is 0.712. The Morgan fingerprint density at radius 3 is 2.53 bits per heavy atom. The van der Waals surface area contributed by atoms with E-state index >= 15 is 0 Å². The highest BCUT2D eigenvalue weighted by Crippen LogP contribution is 2.08. The topological polar surface area (TPSA) is 24.5 Å². The lowest BCUT2D eigenvalue weighted by molar-refractivity contribution is 0.0770. The van der Waals surface area contributed by atoms with Crippen LogP contribution in [0.25, 0.3) is 0 Å². The van der Waals surface area contributed by atoms with Crippen molar-refractivity contribution in [3.8, 4) is 0 Å². The van der Waals surface area contributed by atoms with Crippen LogP contribution in [0.15, 0.2) is 0 Å². The zero-order valence-electron chi connectivity index (χ0n) is 9.71. The molecule has 2 saturated heterocycles. The van der Waals surface area contributed by atoms with E-state index in [-0.39, 0.29) is 0 Å². The summed E-state index contributed by atoms with van der Waals surface area (Å²) in [6.45, 7) is 6.91. The lowest BCUT2D eigenvalue weighted by Gasteiger charge is -2.28. The number of nitrogens with one attached hydrogen (secondary N) is 1. The van der Waals surface area contributed by atoms with Crippen LogP contribution in [0.1, 0.15) is 32.1 Å². The smallest absolute Gasteiger partial charge is 0.0480 e. The van der Waals surface area contributed by atoms with Crippen LogP contribution in [0.5, 0.6) is 0 Å². The summed E-state index contributed by atoms with van der Waals surface area (Å²) in [4.78, 5) is 2.59. The summed E-state index contributed by atoms with van der Waals surface area (Å²) in [6, 6.07) is 0.712. The molecule has 2 aliphatic heterocycles. The summed E-state index contributed by atoms with van der Waals surface area (Å²) in [7, 11) is 0. The molecule has 0 saturated carbocycles. The maximum Gasteiger partial charge on any atom is 0.0480 e. The third-order valence-corrected chi connectivity index (χ3v) is 3.53. The van der Waals surface area contributed by atoms with Crippen LogP contribution < -0.4 is 5.32 Å². The first-order chi connectivity index (χ1) is 7.45. The minimum absolute atomic E-state index is 0.712. The van der Waals surface area contributed by atoms with Gasteiger partial charge in [0.2, 0.25) is 0 Å². The number of likely N-dealkylation sites (tertiary alicyclic amines) is 1. The van der Waals surface area contributed by atoms with Crippen LogP contribution in [0.4, 0.5) is 0 Å². The molecule has 0 atom stereocenters. The van der Waals surface area contributed by atoms with E-state index < -0.39 is 0 Å². The fourth-order valence-electron chi connectivity index (χ4n) is 2.51. The number of hydrogen-bond acceptors (Lipinski definition) is 3. The molecular weight excluding hydrogens is 188 g/mol. The van der Waals surface area contributed by atoms with Crippen molar-refractivity contribution in [3.63, 3.8) is 0 Å². The Morgan fingerprint density at radius 2 is 1.80 bits per heavy atom. The number of piperidine rings is 1. The number of hydrogen-bond donors (Lipinski definition) is 1. The first-order valence-corrected chi connectivity index (χ1v) is 6.48. The molecule has 0 radical (unpaired) electrons. The van der Waals surface area contributed by atoms with Crippen LogP contribution in [-0.2, 0) is 4.74 Å². The van der Waals surface area contributed by atoms with Crippen molar-refractivity contribution < 1.29 is 4.74 Å². The maximum atomic E-state index is 5.35. The van der Waals surface area contributed by atoms with Gasteiger partial charge in [0.1, 0.15) is 0 Å². The van der Waals surface area contributed by atoms with Gasteiger partial charge in [0, 0.05) is 32.3 Å². The second-order valence-corrected chi connectivity index (χ2v) is 4.74. The summed E-state index contributed by atoms with van der Waals surface area (Å²) < 4.78 is 5.35. The summed E-state index contributed by atoms with van der Waals surface area (Å²) in [5.74, 6) is 0. The molecule has 2 heterocycles. The molecule has 2 aliphatic rings. The van der Waals surface area contributed by atoms with Crippen LogP contribution in [0.2, 0.25) is 0 Å². The van der Waals surface area contributed by atoms with E-state index in [2.05, 4.69) is 10.2 Å². The van der Waals surface area contributed by atoms with Crippen molar-refractivity contribution in [1.29, 1.82) is 0 Å². The van der Waals surface area contributed by atoms with Gasteiger partial charge in [0.05, 0.1) is 0 Å². The third-order valence-electron chi connectivity index (χ3n) is 3.53. The van der Waals surface area contributed by atoms with E-state index in [1.54, 1.807) is 0 Å². The molecule has 0 spiro atoms. The van der Waals surface area contributed by atoms with Gasteiger partial charge in [-0.15, -0.1) is 0 Å². The average Bonchev–Trinajstić information content (AvgIpc) is 2.32. The van der Waals surface area contributed by atoms with Gasteiger partial charge in [-0.2, -0.15) is 0 Å². The van der Waals surface area contributed by atoms with Crippen molar-refractivity contribution in [2.24, 2.45) is 0 Å². The van der Waals surface area contributed by atoms with Crippen molar-refractivity contribution in [2.75, 3.05) is 39.4 Å². The lowest BCUT2D eigenvalue weighted by atomic mass is 10.1. The molecule has 88 valence electrons. The van der Waals surface area contributed by atoms with Crippen molar-refractivity contribution in [1.82, 2.24) is 10.2 Å². The lowest BCUT2D eigenvalue weighted by Crippen LogP contribution is -2.41. The molecule has 0 aromatic carbocycles. The fraction of sp³-hybridized carbons (Fsp3) is 1.00. The second-order valence-electron chi connectivity index (χ2n) is 4.74. The quantitative estimate of drug-likeness (QED) is 0.759. The van der Waals surface area contributed by atoms with E-state index in [4.69, 9.17) is 4.74 Å². The van der Waals surface area contributed by atoms with Gasteiger partial charge >= 0.3 is 0 Å². The van der Waals surface area contributed by atoms with Crippen LogP contribution in [0, 0.1) is 0 Å². The molecule has 0 amide bonds. The largest absolute Gasteiger partial charge is 0.381 e. The Bertz CT molecular complexity index is 145. The Hall–Kier alpha value is -0.120. The van der Waals surface area contributed by atoms with Crippen molar-refractivity contribution in [3.05, 3.63) is 0 Å². The summed E-state index contributed by atoms with van der Waals surface area (Å²) in [6.07, 6.45) is 6.62. The SMILES string of the molecule is C1CCN(CCNC2CCOCC2)CC1. The van der Waals surface area contributed by atoms with Crippen molar-refractivity contribution >= 4 is 0 Å². The number of rotatable bonds is 4. The molecule has 2 rings (SSSR count). The molecule has 1 N–H and O–H groups in total. The van der Waals surface area contributed by atoms with Gasteiger partial charge in [0.25, 0.3) is 0 Å². The van der Waals surface area contributed by atoms with Gasteiger partial charge in [-0.1, -0.05) is 6.42 Å². The average molecular weight is 212 g/mol. The molecule has 0 aromatic rings. The highest BCUT2D eigenvalue weighted by Gasteiger charge is 2.14. The van der Waals surface area contributed by atoms with Gasteiger partial charge in [-0.25, -0.2) is 0 Å². The Morgan fingerprint density at radius 1 is 1.07 bits per heavy atom. The minimum Gasteiger partial charge on any atom is -0.381 e. The zero-order chi connectivity index (χ0) is 10.3. The molecule has 3 nitrogen and oxygen atoms in total. The summed E-state index contributed by atoms with van der Waals surface area (Å²) >= 11 is 0. The third kappa shape index (κ3) is 4.09. The van der Waals surface area contributed by atoms with Crippen LogP contribution >= 0.6 is 0 Å². The van der Waals surface area contributed by atoms with Gasteiger partial charge in [0.15, 0.2) is 0 Å². The molecular formula is C12H24N2O.